The number of imidazole rings is 1. The van der Waals surface area contributed by atoms with E-state index in [1.54, 1.807) is 10.6 Å². The summed E-state index contributed by atoms with van der Waals surface area (Å²) < 4.78 is 21.1. The fourth-order valence-corrected chi connectivity index (χ4v) is 2.31. The number of nitrogens with two attached hydrogens (primary N) is 1. The smallest absolute Gasteiger partial charge is 0.201 e. The number of benzene rings is 1. The average molecular weight is 328 g/mol. The molecule has 2 rings (SSSR count). The lowest BCUT2D eigenvalue weighted by molar-refractivity contribution is 0.386. The fraction of sp³-hybridized carbons (Fsp3) is 0.308. The summed E-state index contributed by atoms with van der Waals surface area (Å²) in [6.45, 7) is 0. The Bertz CT molecular complexity index is 598. The molecule has 0 fully saturated rings. The van der Waals surface area contributed by atoms with E-state index < -0.39 is 0 Å². The summed E-state index contributed by atoms with van der Waals surface area (Å²) in [6.07, 6.45) is 1.38. The first-order chi connectivity index (χ1) is 9.02. The molecule has 19 heavy (non-hydrogen) atoms. The first kappa shape index (κ1) is 13.9. The molecule has 2 N–H and O–H groups in total. The Kier molecular flexibility index (Phi) is 4.09. The second-order valence-electron chi connectivity index (χ2n) is 4.24. The summed E-state index contributed by atoms with van der Waals surface area (Å²) in [6, 6.07) is 4.97. The van der Waals surface area contributed by atoms with Gasteiger partial charge in [0.05, 0.1) is 12.8 Å². The van der Waals surface area contributed by atoms with Crippen LogP contribution in [0.15, 0.2) is 22.8 Å². The quantitative estimate of drug-likeness (QED) is 0.939. The van der Waals surface area contributed by atoms with E-state index in [1.807, 2.05) is 13.1 Å². The van der Waals surface area contributed by atoms with E-state index in [0.29, 0.717) is 18.8 Å². The van der Waals surface area contributed by atoms with Gasteiger partial charge in [-0.2, -0.15) is 0 Å². The molecule has 0 bridgehead atoms. The maximum Gasteiger partial charge on any atom is 0.201 e. The highest BCUT2D eigenvalue weighted by Crippen LogP contribution is 2.22. The van der Waals surface area contributed by atoms with Gasteiger partial charge in [0, 0.05) is 7.05 Å². The first-order valence-corrected chi connectivity index (χ1v) is 6.61. The van der Waals surface area contributed by atoms with Gasteiger partial charge < -0.3 is 15.0 Å². The molecule has 0 radical (unpaired) electrons. The number of aryl methyl sites for hydroxylation is 2. The number of methoxy groups -OCH3 is 1. The van der Waals surface area contributed by atoms with Crippen LogP contribution >= 0.6 is 15.9 Å². The molecule has 0 saturated heterocycles. The number of halogens is 2. The van der Waals surface area contributed by atoms with Crippen molar-refractivity contribution in [3.8, 4) is 5.75 Å². The van der Waals surface area contributed by atoms with Crippen LogP contribution in [0.1, 0.15) is 11.3 Å². The number of hydrogen-bond donors (Lipinski definition) is 1. The van der Waals surface area contributed by atoms with Gasteiger partial charge in [0.2, 0.25) is 5.95 Å². The Morgan fingerprint density at radius 1 is 1.42 bits per heavy atom. The highest BCUT2D eigenvalue weighted by Gasteiger charge is 2.11. The van der Waals surface area contributed by atoms with Crippen LogP contribution in [0.3, 0.4) is 0 Å². The van der Waals surface area contributed by atoms with E-state index in [0.717, 1.165) is 15.9 Å². The van der Waals surface area contributed by atoms with Crippen LogP contribution in [0.4, 0.5) is 10.3 Å². The van der Waals surface area contributed by atoms with Crippen molar-refractivity contribution < 1.29 is 9.13 Å². The Balaban J connectivity index is 2.10. The van der Waals surface area contributed by atoms with Crippen LogP contribution in [-0.2, 0) is 19.9 Å². The van der Waals surface area contributed by atoms with Crippen molar-refractivity contribution in [3.63, 3.8) is 0 Å². The number of ether oxygens (including phenoxy) is 1. The summed E-state index contributed by atoms with van der Waals surface area (Å²) in [4.78, 5) is 4.26. The molecule has 2 aromatic rings. The highest BCUT2D eigenvalue weighted by atomic mass is 79.9. The van der Waals surface area contributed by atoms with Gasteiger partial charge in [0.15, 0.2) is 11.6 Å². The Morgan fingerprint density at radius 3 is 2.68 bits per heavy atom. The molecule has 0 aliphatic heterocycles. The van der Waals surface area contributed by atoms with Crippen LogP contribution < -0.4 is 10.5 Å². The molecular weight excluding hydrogens is 313 g/mol. The zero-order valence-corrected chi connectivity index (χ0v) is 12.4. The summed E-state index contributed by atoms with van der Waals surface area (Å²) in [5.74, 6) is 0.370. The van der Waals surface area contributed by atoms with Crippen molar-refractivity contribution in [1.82, 2.24) is 9.55 Å². The van der Waals surface area contributed by atoms with Gasteiger partial charge in [-0.15, -0.1) is 0 Å². The maximum atomic E-state index is 13.5. The molecule has 0 spiro atoms. The number of aromatic nitrogens is 2. The Morgan fingerprint density at radius 2 is 2.16 bits per heavy atom. The van der Waals surface area contributed by atoms with Crippen molar-refractivity contribution >= 4 is 21.9 Å². The summed E-state index contributed by atoms with van der Waals surface area (Å²) in [5, 5.41) is 0. The zero-order valence-electron chi connectivity index (χ0n) is 10.8. The van der Waals surface area contributed by atoms with Crippen molar-refractivity contribution in [2.75, 3.05) is 12.8 Å². The molecule has 0 atom stereocenters. The van der Waals surface area contributed by atoms with Gasteiger partial charge in [0.1, 0.15) is 4.60 Å². The normalized spacial score (nSPS) is 10.7. The van der Waals surface area contributed by atoms with Crippen LogP contribution in [0.5, 0.6) is 5.75 Å². The maximum absolute atomic E-state index is 13.5. The molecule has 1 aromatic carbocycles. The van der Waals surface area contributed by atoms with E-state index in [-0.39, 0.29) is 11.6 Å². The summed E-state index contributed by atoms with van der Waals surface area (Å²) in [5.41, 5.74) is 7.49. The third-order valence-electron chi connectivity index (χ3n) is 2.99. The number of rotatable bonds is 4. The largest absolute Gasteiger partial charge is 0.494 e. The number of hydrogen-bond acceptors (Lipinski definition) is 3. The first-order valence-electron chi connectivity index (χ1n) is 5.82. The molecule has 1 heterocycles. The molecule has 0 aliphatic carbocycles. The average Bonchev–Trinajstić information content (AvgIpc) is 2.64. The second kappa shape index (κ2) is 5.61. The third kappa shape index (κ3) is 2.89. The van der Waals surface area contributed by atoms with Crippen LogP contribution in [0.2, 0.25) is 0 Å². The van der Waals surface area contributed by atoms with E-state index in [9.17, 15) is 4.39 Å². The Labute approximate surface area is 119 Å². The molecule has 1 aromatic heterocycles. The van der Waals surface area contributed by atoms with Crippen LogP contribution in [0, 0.1) is 5.82 Å². The van der Waals surface area contributed by atoms with E-state index in [1.165, 1.54) is 13.2 Å². The minimum absolute atomic E-state index is 0.256. The second-order valence-corrected chi connectivity index (χ2v) is 4.99. The number of nitrogen functional groups attached to an aromatic ring is 1. The van der Waals surface area contributed by atoms with Crippen LogP contribution in [0.25, 0.3) is 0 Å². The lowest BCUT2D eigenvalue weighted by Crippen LogP contribution is -1.96. The molecule has 0 amide bonds. The van der Waals surface area contributed by atoms with Crippen molar-refractivity contribution in [2.45, 2.75) is 12.8 Å². The van der Waals surface area contributed by atoms with Gasteiger partial charge in [-0.25, -0.2) is 9.37 Å². The van der Waals surface area contributed by atoms with Crippen molar-refractivity contribution in [2.24, 2.45) is 7.05 Å². The van der Waals surface area contributed by atoms with Gasteiger partial charge in [0.25, 0.3) is 0 Å². The molecular formula is C13H15BrFN3O. The topological polar surface area (TPSA) is 53.1 Å². The monoisotopic (exact) mass is 327 g/mol. The van der Waals surface area contributed by atoms with Gasteiger partial charge in [-0.3, -0.25) is 0 Å². The Hall–Kier alpha value is -1.56. The van der Waals surface area contributed by atoms with Gasteiger partial charge >= 0.3 is 0 Å². The summed E-state index contributed by atoms with van der Waals surface area (Å²) >= 11 is 3.44. The van der Waals surface area contributed by atoms with Gasteiger partial charge in [-0.1, -0.05) is 6.07 Å². The van der Waals surface area contributed by atoms with E-state index >= 15 is 0 Å². The molecule has 6 heteroatoms. The predicted molar refractivity (Wildman–Crippen MR) is 75.7 cm³/mol. The lowest BCUT2D eigenvalue weighted by Gasteiger charge is -2.04. The molecule has 0 unspecified atom stereocenters. The lowest BCUT2D eigenvalue weighted by atomic mass is 10.1. The van der Waals surface area contributed by atoms with Crippen molar-refractivity contribution in [1.29, 1.82) is 0 Å². The van der Waals surface area contributed by atoms with Gasteiger partial charge in [-0.05, 0) is 46.5 Å². The minimum atomic E-state index is -0.348. The minimum Gasteiger partial charge on any atom is -0.494 e. The highest BCUT2D eigenvalue weighted by molar-refractivity contribution is 9.10. The summed E-state index contributed by atoms with van der Waals surface area (Å²) in [7, 11) is 3.29. The zero-order chi connectivity index (χ0) is 14.0. The fourth-order valence-electron chi connectivity index (χ4n) is 1.84. The molecule has 0 saturated carbocycles. The predicted octanol–water partition coefficient (Wildman–Crippen LogP) is 2.70. The SMILES string of the molecule is COc1ccc(CCc2nc(N)n(C)c2Br)cc1F. The number of anilines is 1. The van der Waals surface area contributed by atoms with Crippen LogP contribution in [-0.4, -0.2) is 16.7 Å². The van der Waals surface area contributed by atoms with E-state index in [4.69, 9.17) is 10.5 Å². The third-order valence-corrected chi connectivity index (χ3v) is 3.98. The molecule has 102 valence electrons. The van der Waals surface area contributed by atoms with Crippen molar-refractivity contribution in [3.05, 3.63) is 39.9 Å². The molecule has 0 aliphatic rings. The van der Waals surface area contributed by atoms with E-state index in [2.05, 4.69) is 20.9 Å². The molecule has 4 nitrogen and oxygen atoms in total. The standard InChI is InChI=1S/C13H15BrFN3O/c1-18-12(14)10(17-13(18)16)5-3-8-4-6-11(19-2)9(15)7-8/h4,6-7H,3,5H2,1-2H3,(H2,16,17). The number of nitrogens with zero attached hydrogens (tertiary/aromatic N) is 2.